The Labute approximate surface area is 102 Å². The van der Waals surface area contributed by atoms with Crippen molar-refractivity contribution in [2.24, 2.45) is 0 Å². The number of para-hydroxylation sites is 1. The SMILES string of the molecule is O=C1CC(OCc2ccccc2[N+](=O)[O-])C(=O)N1. The Bertz CT molecular complexity index is 514. The van der Waals surface area contributed by atoms with Crippen molar-refractivity contribution in [3.8, 4) is 0 Å². The van der Waals surface area contributed by atoms with Crippen LogP contribution in [0.4, 0.5) is 5.69 Å². The fourth-order valence-electron chi connectivity index (χ4n) is 1.67. The van der Waals surface area contributed by atoms with Gasteiger partial charge in [-0.1, -0.05) is 12.1 Å². The van der Waals surface area contributed by atoms with Crippen LogP contribution in [0.3, 0.4) is 0 Å². The highest BCUT2D eigenvalue weighted by atomic mass is 16.6. The molecule has 1 aliphatic heterocycles. The molecular weight excluding hydrogens is 240 g/mol. The van der Waals surface area contributed by atoms with Crippen molar-refractivity contribution in [3.63, 3.8) is 0 Å². The molecule has 1 aromatic rings. The molecule has 1 aromatic carbocycles. The summed E-state index contributed by atoms with van der Waals surface area (Å²) in [5.41, 5.74) is 0.303. The Kier molecular flexibility index (Phi) is 3.33. The molecule has 0 aromatic heterocycles. The molecule has 1 atom stereocenters. The Balaban J connectivity index is 2.04. The standard InChI is InChI=1S/C11H10N2O5/c14-10-5-9(11(15)12-10)18-6-7-3-1-2-4-8(7)13(16)17/h1-4,9H,5-6H2,(H,12,14,15). The van der Waals surface area contributed by atoms with Gasteiger partial charge in [0.25, 0.3) is 11.6 Å². The van der Waals surface area contributed by atoms with E-state index in [1.807, 2.05) is 0 Å². The number of nitrogens with one attached hydrogen (secondary N) is 1. The third-order valence-electron chi connectivity index (χ3n) is 2.55. The van der Waals surface area contributed by atoms with E-state index in [2.05, 4.69) is 5.32 Å². The minimum atomic E-state index is -0.864. The molecule has 1 aliphatic rings. The van der Waals surface area contributed by atoms with Gasteiger partial charge in [0, 0.05) is 6.07 Å². The molecule has 2 amide bonds. The van der Waals surface area contributed by atoms with Crippen molar-refractivity contribution in [2.75, 3.05) is 0 Å². The minimum absolute atomic E-state index is 0.0422. The molecule has 0 saturated carbocycles. The van der Waals surface area contributed by atoms with Gasteiger partial charge in [0.15, 0.2) is 0 Å². The third-order valence-corrected chi connectivity index (χ3v) is 2.55. The van der Waals surface area contributed by atoms with E-state index in [1.54, 1.807) is 18.2 Å². The maximum absolute atomic E-state index is 11.2. The highest BCUT2D eigenvalue weighted by Gasteiger charge is 2.31. The van der Waals surface area contributed by atoms with Gasteiger partial charge in [0.2, 0.25) is 5.91 Å². The smallest absolute Gasteiger partial charge is 0.274 e. The van der Waals surface area contributed by atoms with Crippen LogP contribution in [-0.4, -0.2) is 22.8 Å². The van der Waals surface area contributed by atoms with Gasteiger partial charge < -0.3 is 4.74 Å². The van der Waals surface area contributed by atoms with Gasteiger partial charge >= 0.3 is 0 Å². The number of imide groups is 1. The first-order chi connectivity index (χ1) is 8.58. The van der Waals surface area contributed by atoms with E-state index in [0.717, 1.165) is 0 Å². The lowest BCUT2D eigenvalue weighted by Gasteiger charge is -2.08. The largest absolute Gasteiger partial charge is 0.363 e. The van der Waals surface area contributed by atoms with Crippen LogP contribution < -0.4 is 5.32 Å². The van der Waals surface area contributed by atoms with Crippen LogP contribution in [-0.2, 0) is 20.9 Å². The van der Waals surface area contributed by atoms with E-state index in [9.17, 15) is 19.7 Å². The molecule has 18 heavy (non-hydrogen) atoms. The summed E-state index contributed by atoms with van der Waals surface area (Å²) in [5, 5.41) is 12.9. The van der Waals surface area contributed by atoms with Crippen molar-refractivity contribution in [2.45, 2.75) is 19.1 Å². The van der Waals surface area contributed by atoms with Crippen molar-refractivity contribution < 1.29 is 19.2 Å². The molecule has 1 N–H and O–H groups in total. The summed E-state index contributed by atoms with van der Waals surface area (Å²) < 4.78 is 5.23. The number of hydrogen-bond donors (Lipinski definition) is 1. The van der Waals surface area contributed by atoms with E-state index in [1.165, 1.54) is 6.07 Å². The Morgan fingerprint density at radius 3 is 2.72 bits per heavy atom. The van der Waals surface area contributed by atoms with Crippen LogP contribution in [0.15, 0.2) is 24.3 Å². The fraction of sp³-hybridized carbons (Fsp3) is 0.273. The monoisotopic (exact) mass is 250 g/mol. The van der Waals surface area contributed by atoms with Crippen molar-refractivity contribution in [1.29, 1.82) is 0 Å². The number of rotatable bonds is 4. The van der Waals surface area contributed by atoms with Crippen LogP contribution in [0.2, 0.25) is 0 Å². The third kappa shape index (κ3) is 2.51. The summed E-state index contributed by atoms with van der Waals surface area (Å²) in [7, 11) is 0. The van der Waals surface area contributed by atoms with Gasteiger partial charge in [0.05, 0.1) is 23.5 Å². The second-order valence-corrected chi connectivity index (χ2v) is 3.80. The number of nitro benzene ring substituents is 1. The quantitative estimate of drug-likeness (QED) is 0.477. The Morgan fingerprint density at radius 2 is 2.11 bits per heavy atom. The summed E-state index contributed by atoms with van der Waals surface area (Å²) in [6, 6.07) is 6.10. The summed E-state index contributed by atoms with van der Waals surface area (Å²) in [6.45, 7) is -0.0808. The first-order valence-corrected chi connectivity index (χ1v) is 5.25. The number of carbonyl (C=O) groups is 2. The number of nitrogens with zero attached hydrogens (tertiary/aromatic N) is 1. The molecule has 0 bridgehead atoms. The van der Waals surface area contributed by atoms with Crippen LogP contribution in [0, 0.1) is 10.1 Å². The van der Waals surface area contributed by atoms with Crippen molar-refractivity contribution in [1.82, 2.24) is 5.32 Å². The van der Waals surface area contributed by atoms with Gasteiger partial charge in [-0.25, -0.2) is 0 Å². The lowest BCUT2D eigenvalue weighted by molar-refractivity contribution is -0.386. The first-order valence-electron chi connectivity index (χ1n) is 5.25. The lowest BCUT2D eigenvalue weighted by atomic mass is 10.2. The lowest BCUT2D eigenvalue weighted by Crippen LogP contribution is -2.26. The van der Waals surface area contributed by atoms with E-state index in [4.69, 9.17) is 4.74 Å². The van der Waals surface area contributed by atoms with Gasteiger partial charge in [0.1, 0.15) is 6.10 Å². The fourth-order valence-corrected chi connectivity index (χ4v) is 1.67. The zero-order valence-electron chi connectivity index (χ0n) is 9.29. The zero-order valence-corrected chi connectivity index (χ0v) is 9.29. The van der Waals surface area contributed by atoms with Gasteiger partial charge in [-0.3, -0.25) is 25.0 Å². The van der Waals surface area contributed by atoms with Crippen LogP contribution in [0.1, 0.15) is 12.0 Å². The Morgan fingerprint density at radius 1 is 1.39 bits per heavy atom. The number of ether oxygens (including phenoxy) is 1. The second-order valence-electron chi connectivity index (χ2n) is 3.80. The molecule has 1 fully saturated rings. The Hall–Kier alpha value is -2.28. The van der Waals surface area contributed by atoms with Crippen LogP contribution in [0.25, 0.3) is 0 Å². The van der Waals surface area contributed by atoms with Gasteiger partial charge in [-0.15, -0.1) is 0 Å². The van der Waals surface area contributed by atoms with Gasteiger partial charge in [-0.05, 0) is 6.07 Å². The van der Waals surface area contributed by atoms with E-state index < -0.39 is 22.8 Å². The number of nitro groups is 1. The van der Waals surface area contributed by atoms with Crippen molar-refractivity contribution in [3.05, 3.63) is 39.9 Å². The highest BCUT2D eigenvalue weighted by Crippen LogP contribution is 2.20. The topological polar surface area (TPSA) is 98.5 Å². The molecule has 2 rings (SSSR count). The summed E-state index contributed by atoms with van der Waals surface area (Å²) in [6.07, 6.45) is -0.906. The molecular formula is C11H10N2O5. The molecule has 7 heteroatoms. The maximum atomic E-state index is 11.2. The molecule has 0 spiro atoms. The van der Waals surface area contributed by atoms with Crippen LogP contribution in [0.5, 0.6) is 0 Å². The average molecular weight is 250 g/mol. The van der Waals surface area contributed by atoms with Crippen LogP contribution >= 0.6 is 0 Å². The second kappa shape index (κ2) is 4.92. The molecule has 7 nitrogen and oxygen atoms in total. The number of carbonyl (C=O) groups excluding carboxylic acids is 2. The van der Waals surface area contributed by atoms with E-state index in [0.29, 0.717) is 5.56 Å². The summed E-state index contributed by atoms with van der Waals surface area (Å²) in [4.78, 5) is 32.4. The van der Waals surface area contributed by atoms with Gasteiger partial charge in [-0.2, -0.15) is 0 Å². The normalized spacial score (nSPS) is 18.8. The molecule has 1 unspecified atom stereocenters. The predicted molar refractivity (Wildman–Crippen MR) is 59.4 cm³/mol. The molecule has 94 valence electrons. The van der Waals surface area contributed by atoms with E-state index in [-0.39, 0.29) is 18.7 Å². The summed E-state index contributed by atoms with van der Waals surface area (Å²) >= 11 is 0. The highest BCUT2D eigenvalue weighted by molar-refractivity contribution is 6.04. The van der Waals surface area contributed by atoms with E-state index >= 15 is 0 Å². The molecule has 0 radical (unpaired) electrons. The predicted octanol–water partition coefficient (Wildman–Crippen LogP) is 0.526. The molecule has 1 saturated heterocycles. The first kappa shape index (κ1) is 12.2. The number of hydrogen-bond acceptors (Lipinski definition) is 5. The van der Waals surface area contributed by atoms with Crippen molar-refractivity contribution >= 4 is 17.5 Å². The maximum Gasteiger partial charge on any atom is 0.274 e. The molecule has 0 aliphatic carbocycles. The average Bonchev–Trinajstić information content (AvgIpc) is 2.65. The number of benzene rings is 1. The summed E-state index contributed by atoms with van der Waals surface area (Å²) in [5.74, 6) is -0.897. The minimum Gasteiger partial charge on any atom is -0.363 e. The zero-order chi connectivity index (χ0) is 13.1. The molecule has 1 heterocycles. The number of amides is 2.